The molecule has 13 nitrogen and oxygen atoms in total. The first kappa shape index (κ1) is 89.8. The van der Waals surface area contributed by atoms with Gasteiger partial charge in [0.05, 0.1) is 57.5 Å². The fourth-order valence-corrected chi connectivity index (χ4v) is 13.8. The minimum Gasteiger partial charge on any atom is -0.494 e. The quantitative estimate of drug-likeness (QED) is 0.0398. The van der Waals surface area contributed by atoms with Gasteiger partial charge in [-0.15, -0.1) is 11.3 Å². The van der Waals surface area contributed by atoms with Gasteiger partial charge in [-0.1, -0.05) is 128 Å². The molecular formula is C94H128N2O11S2. The molecular weight excluding hydrogens is 1400 g/mol. The number of hydrogen-bond donors (Lipinski definition) is 1. The molecule has 0 saturated carbocycles. The SMILES string of the molecule is C.CCCOc1cccc(CCC2(O)CCSCC2)c1.CCCOc1cccc(CCc2ccccn2)c1.CCCOc1cccc(CCc2cccnc2)c1.CCCOc1cccc(CCc2cccs2)c1.CCCOc1cccc(OCC2CCCCO2)c1.CCCOc1cccc(OCC2CCCCO2)c1. The van der Waals surface area contributed by atoms with Gasteiger partial charge in [0.15, 0.2) is 0 Å². The van der Waals surface area contributed by atoms with Crippen LogP contribution in [0.15, 0.2) is 212 Å². The predicted octanol–water partition coefficient (Wildman–Crippen LogP) is 22.8. The summed E-state index contributed by atoms with van der Waals surface area (Å²) in [6.45, 7) is 20.3. The van der Waals surface area contributed by atoms with Gasteiger partial charge in [0.1, 0.15) is 59.2 Å². The van der Waals surface area contributed by atoms with Crippen LogP contribution in [-0.2, 0) is 54.4 Å². The maximum absolute atomic E-state index is 10.5. The largest absolute Gasteiger partial charge is 0.494 e. The predicted molar refractivity (Wildman–Crippen MR) is 453 cm³/mol. The fraction of sp³-hybridized carbons (Fsp3) is 0.468. The summed E-state index contributed by atoms with van der Waals surface area (Å²) in [6, 6.07) is 63.5. The lowest BCUT2D eigenvalue weighted by atomic mass is 9.89. The van der Waals surface area contributed by atoms with E-state index >= 15 is 0 Å². The van der Waals surface area contributed by atoms with Crippen LogP contribution in [0.2, 0.25) is 0 Å². The maximum atomic E-state index is 10.5. The fourth-order valence-electron chi connectivity index (χ4n) is 11.8. The molecule has 12 rings (SSSR count). The van der Waals surface area contributed by atoms with Crippen LogP contribution < -0.4 is 37.9 Å². The summed E-state index contributed by atoms with van der Waals surface area (Å²) in [6.07, 6.45) is 29.2. The van der Waals surface area contributed by atoms with Gasteiger partial charge >= 0.3 is 0 Å². The first-order valence-corrected chi connectivity index (χ1v) is 42.1. The third-order valence-corrected chi connectivity index (χ3v) is 19.7. The standard InChI is InChI=1S/2C16H19NO.C16H24O2S.2C15H22O3.C15H18OS.CH4/c1-2-11-18-16-7-3-5-14(12-16)8-9-15-6-4-10-17-13-15;1-2-12-18-16-8-5-6-14(13-16)9-10-15-7-3-4-11-17-15;1-2-10-18-15-5-3-4-14(13-15)6-7-16(17)8-11-19-12-9-16;2*1-2-9-16-13-7-5-8-14(11-13)18-12-15-6-3-4-10-17-15;1-2-10-16-14-6-3-5-13(12-14)8-9-15-7-4-11-17-15;/h3-7,10,12-13H,2,8-9,11H2,1H3;3-8,11,13H,2,9-10,12H2,1H3;3-5,13,17H,2,6-12H2,1H3;2*5,7-8,11,15H,2-4,6,9-10,12H2,1H3;3-7,11-12H,2,8-10H2,1H3;1H4. The molecule has 3 saturated heterocycles. The van der Waals surface area contributed by atoms with Gasteiger partial charge in [0.2, 0.25) is 0 Å². The molecule has 15 heteroatoms. The van der Waals surface area contributed by atoms with Crippen LogP contribution in [0.25, 0.3) is 0 Å². The van der Waals surface area contributed by atoms with Crippen LogP contribution in [0.4, 0.5) is 0 Å². The maximum Gasteiger partial charge on any atom is 0.123 e. The molecule has 3 aromatic heterocycles. The minimum atomic E-state index is -0.439. The van der Waals surface area contributed by atoms with E-state index in [-0.39, 0.29) is 19.6 Å². The van der Waals surface area contributed by atoms with Crippen LogP contribution in [0.3, 0.4) is 0 Å². The second-order valence-corrected chi connectivity index (χ2v) is 29.6. The van der Waals surface area contributed by atoms with E-state index in [1.807, 2.05) is 139 Å². The third-order valence-electron chi connectivity index (χ3n) is 17.8. The van der Waals surface area contributed by atoms with Gasteiger partial charge in [0, 0.05) is 54.5 Å². The zero-order valence-corrected chi connectivity index (χ0v) is 67.3. The molecule has 0 amide bonds. The van der Waals surface area contributed by atoms with Crippen molar-refractivity contribution in [2.24, 2.45) is 0 Å². The van der Waals surface area contributed by atoms with Gasteiger partial charge in [-0.3, -0.25) is 9.97 Å². The number of thiophene rings is 1. The molecule has 3 fully saturated rings. The summed E-state index contributed by atoms with van der Waals surface area (Å²) in [5.74, 6) is 9.54. The monoisotopic (exact) mass is 1520 g/mol. The van der Waals surface area contributed by atoms with E-state index in [2.05, 4.69) is 148 Å². The highest BCUT2D eigenvalue weighted by Gasteiger charge is 2.29. The van der Waals surface area contributed by atoms with Gasteiger partial charge in [-0.25, -0.2) is 0 Å². The Morgan fingerprint density at radius 2 is 0.789 bits per heavy atom. The highest BCUT2D eigenvalue weighted by atomic mass is 32.2. The van der Waals surface area contributed by atoms with Crippen LogP contribution in [-0.4, -0.2) is 110 Å². The average Bonchev–Trinajstić information content (AvgIpc) is 1.05. The van der Waals surface area contributed by atoms with E-state index in [0.717, 1.165) is 232 Å². The number of aryl methyl sites for hydroxylation is 7. The Kier molecular flexibility index (Phi) is 46.3. The lowest BCUT2D eigenvalue weighted by molar-refractivity contribution is -0.0111. The summed E-state index contributed by atoms with van der Waals surface area (Å²) in [7, 11) is 0. The first-order valence-electron chi connectivity index (χ1n) is 40.1. The highest BCUT2D eigenvalue weighted by molar-refractivity contribution is 7.99. The molecule has 6 aromatic carbocycles. The zero-order chi connectivity index (χ0) is 76.0. The van der Waals surface area contributed by atoms with Crippen molar-refractivity contribution in [3.8, 4) is 46.0 Å². The summed E-state index contributed by atoms with van der Waals surface area (Å²) in [5, 5.41) is 12.6. The molecule has 6 heterocycles. The minimum absolute atomic E-state index is 0. The number of benzene rings is 6. The average molecular weight is 1530 g/mol. The van der Waals surface area contributed by atoms with Crippen LogP contribution in [0.1, 0.15) is 184 Å². The van der Waals surface area contributed by atoms with Crippen LogP contribution in [0.5, 0.6) is 46.0 Å². The Morgan fingerprint density at radius 1 is 0.394 bits per heavy atom. The second kappa shape index (κ2) is 56.2. The van der Waals surface area contributed by atoms with Crippen LogP contribution >= 0.6 is 23.1 Å². The van der Waals surface area contributed by atoms with Crippen molar-refractivity contribution in [1.29, 1.82) is 0 Å². The summed E-state index contributed by atoms with van der Waals surface area (Å²) in [4.78, 5) is 9.91. The van der Waals surface area contributed by atoms with Crippen molar-refractivity contribution in [1.82, 2.24) is 9.97 Å². The van der Waals surface area contributed by atoms with Crippen molar-refractivity contribution in [3.63, 3.8) is 0 Å². The number of aliphatic hydroxyl groups is 1. The van der Waals surface area contributed by atoms with Gasteiger partial charge < -0.3 is 52.5 Å². The van der Waals surface area contributed by atoms with Crippen molar-refractivity contribution >= 4 is 23.1 Å². The second-order valence-electron chi connectivity index (χ2n) is 27.3. The van der Waals surface area contributed by atoms with E-state index in [9.17, 15) is 5.11 Å². The normalized spacial score (nSPS) is 14.6. The van der Waals surface area contributed by atoms with Gasteiger partial charge in [-0.2, -0.15) is 11.8 Å². The number of aromatic nitrogens is 2. The molecule has 2 unspecified atom stereocenters. The Labute approximate surface area is 663 Å². The molecule has 109 heavy (non-hydrogen) atoms. The molecule has 3 aliphatic rings. The van der Waals surface area contributed by atoms with E-state index in [1.165, 1.54) is 58.4 Å². The van der Waals surface area contributed by atoms with E-state index in [0.29, 0.717) is 13.2 Å². The zero-order valence-electron chi connectivity index (χ0n) is 65.6. The lowest BCUT2D eigenvalue weighted by Gasteiger charge is -2.31. The number of nitrogens with zero attached hydrogens (tertiary/aromatic N) is 2. The topological polar surface area (TPSA) is 138 Å². The number of thioether (sulfide) groups is 1. The smallest absolute Gasteiger partial charge is 0.123 e. The Hall–Kier alpha value is -8.05. The van der Waals surface area contributed by atoms with Gasteiger partial charge in [0.25, 0.3) is 0 Å². The van der Waals surface area contributed by atoms with Crippen molar-refractivity contribution in [2.45, 2.75) is 208 Å². The Bertz CT molecular complexity index is 3540. The molecule has 2 atom stereocenters. The summed E-state index contributed by atoms with van der Waals surface area (Å²) < 4.78 is 56.5. The summed E-state index contributed by atoms with van der Waals surface area (Å²) in [5.41, 5.74) is 7.20. The van der Waals surface area contributed by atoms with Crippen molar-refractivity contribution < 1.29 is 52.5 Å². The van der Waals surface area contributed by atoms with E-state index in [1.54, 1.807) is 0 Å². The molecule has 0 spiro atoms. The third kappa shape index (κ3) is 39.4. The molecule has 0 bridgehead atoms. The molecule has 0 radical (unpaired) electrons. The molecule has 592 valence electrons. The molecule has 3 aliphatic heterocycles. The van der Waals surface area contributed by atoms with Gasteiger partial charge in [-0.05, 0) is 283 Å². The highest BCUT2D eigenvalue weighted by Crippen LogP contribution is 2.32. The molecule has 9 aromatic rings. The summed E-state index contributed by atoms with van der Waals surface area (Å²) >= 11 is 3.78. The van der Waals surface area contributed by atoms with E-state index < -0.39 is 5.60 Å². The lowest BCUT2D eigenvalue weighted by Crippen LogP contribution is -2.33. The van der Waals surface area contributed by atoms with Crippen molar-refractivity contribution in [3.05, 3.63) is 250 Å². The van der Waals surface area contributed by atoms with Crippen molar-refractivity contribution in [2.75, 3.05) is 77.6 Å². The number of hydrogen-bond acceptors (Lipinski definition) is 15. The molecule has 1 N–H and O–H groups in total. The number of ether oxygens (including phenoxy) is 10. The molecule has 0 aliphatic carbocycles. The first-order chi connectivity index (χ1) is 53.1. The van der Waals surface area contributed by atoms with Crippen LogP contribution in [0, 0.1) is 0 Å². The van der Waals surface area contributed by atoms with E-state index in [4.69, 9.17) is 47.4 Å². The number of pyridine rings is 2. The Balaban J connectivity index is 0.000000204. The Morgan fingerprint density at radius 3 is 1.17 bits per heavy atom. The number of rotatable bonds is 36.